The molecule has 0 spiro atoms. The van der Waals surface area contributed by atoms with Gasteiger partial charge in [-0.3, -0.25) is 0 Å². The summed E-state index contributed by atoms with van der Waals surface area (Å²) in [6.45, 7) is 4.39. The first-order chi connectivity index (χ1) is 17.5. The number of alkyl halides is 6. The second-order valence-corrected chi connectivity index (χ2v) is 10.3. The molecule has 1 saturated carbocycles. The van der Waals surface area contributed by atoms with Crippen LogP contribution in [-0.2, 0) is 17.1 Å². The highest BCUT2D eigenvalue weighted by Crippen LogP contribution is 2.43. The fraction of sp³-hybridized carbons (Fsp3) is 0.600. The number of likely N-dealkylation sites (tertiary alicyclic amines) is 1. The van der Waals surface area contributed by atoms with Crippen LogP contribution in [0.2, 0.25) is 0 Å². The summed E-state index contributed by atoms with van der Waals surface area (Å²) in [6.07, 6.45) is -6.35. The topological polar surface area (TPSA) is 50.3 Å². The number of halogens is 7. The molecule has 1 aromatic carbocycles. The molecular formula is C25H27F7N4O. The molecule has 2 unspecified atom stereocenters. The Morgan fingerprint density at radius 3 is 2.16 bits per heavy atom. The Bertz CT molecular complexity index is 1100. The van der Waals surface area contributed by atoms with Crippen molar-refractivity contribution in [3.63, 3.8) is 0 Å². The lowest BCUT2D eigenvalue weighted by molar-refractivity contribution is -0.137. The second kappa shape index (κ2) is 10.0. The predicted molar refractivity (Wildman–Crippen MR) is 121 cm³/mol. The van der Waals surface area contributed by atoms with Crippen LogP contribution in [0.15, 0.2) is 24.3 Å². The maximum absolute atomic E-state index is 13.9. The largest absolute Gasteiger partial charge is 0.420 e. The molecule has 0 amide bonds. The molecule has 5 rings (SSSR count). The van der Waals surface area contributed by atoms with Crippen LogP contribution in [0.3, 0.4) is 0 Å². The zero-order chi connectivity index (χ0) is 26.4. The third kappa shape index (κ3) is 5.84. The number of benzene rings is 1. The highest BCUT2D eigenvalue weighted by Gasteiger charge is 2.43. The van der Waals surface area contributed by atoms with Crippen LogP contribution in [0, 0.1) is 23.6 Å². The Morgan fingerprint density at radius 2 is 1.54 bits per heavy atom. The minimum absolute atomic E-state index is 0.249. The molecular weight excluding hydrogens is 505 g/mol. The first kappa shape index (κ1) is 26.1. The quantitative estimate of drug-likeness (QED) is 0.489. The summed E-state index contributed by atoms with van der Waals surface area (Å²) in [6, 6.07) is 1.85. The van der Waals surface area contributed by atoms with E-state index in [1.165, 1.54) is 0 Å². The van der Waals surface area contributed by atoms with E-state index in [0.29, 0.717) is 54.9 Å². The van der Waals surface area contributed by atoms with Crippen molar-refractivity contribution in [3.8, 4) is 11.3 Å². The van der Waals surface area contributed by atoms with Gasteiger partial charge in [0.2, 0.25) is 0 Å². The van der Waals surface area contributed by atoms with E-state index >= 15 is 0 Å². The average Bonchev–Trinajstić information content (AvgIpc) is 3.36. The fourth-order valence-corrected chi connectivity index (χ4v) is 5.97. The first-order valence-corrected chi connectivity index (χ1v) is 12.4. The lowest BCUT2D eigenvalue weighted by Gasteiger charge is -2.28. The molecule has 37 heavy (non-hydrogen) atoms. The van der Waals surface area contributed by atoms with E-state index in [2.05, 4.69) is 20.4 Å². The Balaban J connectivity index is 1.31. The lowest BCUT2D eigenvalue weighted by Crippen LogP contribution is -2.32. The second-order valence-electron chi connectivity index (χ2n) is 10.3. The smallest absolute Gasteiger partial charge is 0.381 e. The molecule has 5 nitrogen and oxygen atoms in total. The standard InChI is InChI=1S/C25H27F7N4O/c26-17-1-2-20(24(27,28)29)19(9-17)22-10-21(25(30,31)32)23(35-34-22)33-18-7-15-12-36(13-16(15)8-18)11-14-3-5-37-6-4-14/h1-2,9-10,14-16,18H,3-8,11-13H2,(H,33,35). The molecule has 1 aromatic heterocycles. The summed E-state index contributed by atoms with van der Waals surface area (Å²) in [4.78, 5) is 2.44. The lowest BCUT2D eigenvalue weighted by atomic mass is 10.00. The van der Waals surface area contributed by atoms with Gasteiger partial charge in [-0.05, 0) is 67.7 Å². The molecule has 1 N–H and O–H groups in total. The molecule has 12 heteroatoms. The number of fused-ring (bicyclic) bond motifs is 1. The SMILES string of the molecule is Fc1ccc(C(F)(F)F)c(-c2cc(C(F)(F)F)c(NC3CC4CN(CC5CCOCC5)CC4C3)nn2)c1. The third-order valence-corrected chi connectivity index (χ3v) is 7.69. The van der Waals surface area contributed by atoms with Gasteiger partial charge in [-0.15, -0.1) is 10.2 Å². The molecule has 2 aromatic rings. The van der Waals surface area contributed by atoms with E-state index in [4.69, 9.17) is 4.74 Å². The molecule has 3 aliphatic rings. The van der Waals surface area contributed by atoms with Crippen molar-refractivity contribution in [2.24, 2.45) is 17.8 Å². The molecule has 2 atom stereocenters. The Labute approximate surface area is 209 Å². The number of aromatic nitrogens is 2. The van der Waals surface area contributed by atoms with E-state index < -0.39 is 46.4 Å². The zero-order valence-electron chi connectivity index (χ0n) is 19.9. The van der Waals surface area contributed by atoms with E-state index in [1.807, 2.05) is 0 Å². The van der Waals surface area contributed by atoms with E-state index in [1.54, 1.807) is 0 Å². The monoisotopic (exact) mass is 532 g/mol. The molecule has 202 valence electrons. The van der Waals surface area contributed by atoms with E-state index in [-0.39, 0.29) is 6.04 Å². The van der Waals surface area contributed by atoms with Crippen molar-refractivity contribution >= 4 is 5.82 Å². The van der Waals surface area contributed by atoms with Crippen LogP contribution >= 0.6 is 0 Å². The van der Waals surface area contributed by atoms with Gasteiger partial charge in [0.15, 0.2) is 5.82 Å². The molecule has 3 fully saturated rings. The maximum atomic E-state index is 13.9. The van der Waals surface area contributed by atoms with E-state index in [0.717, 1.165) is 45.7 Å². The van der Waals surface area contributed by atoms with Gasteiger partial charge in [0.05, 0.1) is 11.3 Å². The first-order valence-electron chi connectivity index (χ1n) is 12.4. The summed E-state index contributed by atoms with van der Waals surface area (Å²) in [7, 11) is 0. The minimum Gasteiger partial charge on any atom is -0.381 e. The van der Waals surface area contributed by atoms with Crippen molar-refractivity contribution in [3.05, 3.63) is 41.2 Å². The molecule has 0 bridgehead atoms. The van der Waals surface area contributed by atoms with Crippen LogP contribution in [0.1, 0.15) is 36.8 Å². The van der Waals surface area contributed by atoms with Gasteiger partial charge in [0, 0.05) is 44.5 Å². The number of rotatable bonds is 5. The van der Waals surface area contributed by atoms with Crippen LogP contribution < -0.4 is 5.32 Å². The minimum atomic E-state index is -4.90. The van der Waals surface area contributed by atoms with Crippen LogP contribution in [0.5, 0.6) is 0 Å². The van der Waals surface area contributed by atoms with Crippen LogP contribution in [0.25, 0.3) is 11.3 Å². The summed E-state index contributed by atoms with van der Waals surface area (Å²) in [5.41, 5.74) is -4.01. The molecule has 0 radical (unpaired) electrons. The average molecular weight is 533 g/mol. The maximum Gasteiger partial charge on any atom is 0.420 e. The summed E-state index contributed by atoms with van der Waals surface area (Å²) in [5, 5.41) is 10.1. The van der Waals surface area contributed by atoms with Crippen molar-refractivity contribution < 1.29 is 35.5 Å². The molecule has 3 heterocycles. The summed E-state index contributed by atoms with van der Waals surface area (Å²) in [5.74, 6) is -0.212. The number of ether oxygens (including phenoxy) is 1. The van der Waals surface area contributed by atoms with Crippen LogP contribution in [-0.4, -0.2) is 54.0 Å². The third-order valence-electron chi connectivity index (χ3n) is 7.69. The van der Waals surface area contributed by atoms with Gasteiger partial charge in [-0.25, -0.2) is 4.39 Å². The number of nitrogens with one attached hydrogen (secondary N) is 1. The number of nitrogens with zero attached hydrogens (tertiary/aromatic N) is 3. The normalized spacial score (nSPS) is 25.4. The van der Waals surface area contributed by atoms with Gasteiger partial charge in [-0.1, -0.05) is 0 Å². The van der Waals surface area contributed by atoms with E-state index in [9.17, 15) is 30.7 Å². The Hall–Kier alpha value is -2.47. The molecule has 1 aliphatic carbocycles. The number of hydrogen-bond acceptors (Lipinski definition) is 5. The van der Waals surface area contributed by atoms with Crippen LogP contribution in [0.4, 0.5) is 36.6 Å². The summed E-state index contributed by atoms with van der Waals surface area (Å²) < 4.78 is 101. The van der Waals surface area contributed by atoms with Gasteiger partial charge >= 0.3 is 12.4 Å². The van der Waals surface area contributed by atoms with Crippen molar-refractivity contribution in [1.29, 1.82) is 0 Å². The summed E-state index contributed by atoms with van der Waals surface area (Å²) >= 11 is 0. The van der Waals surface area contributed by atoms with Crippen molar-refractivity contribution in [1.82, 2.24) is 15.1 Å². The Morgan fingerprint density at radius 1 is 0.892 bits per heavy atom. The fourth-order valence-electron chi connectivity index (χ4n) is 5.97. The highest BCUT2D eigenvalue weighted by molar-refractivity contribution is 5.67. The van der Waals surface area contributed by atoms with Gasteiger partial charge in [0.25, 0.3) is 0 Å². The zero-order valence-corrected chi connectivity index (χ0v) is 19.9. The number of hydrogen-bond donors (Lipinski definition) is 1. The predicted octanol–water partition coefficient (Wildman–Crippen LogP) is 5.87. The molecule has 2 saturated heterocycles. The van der Waals surface area contributed by atoms with Crippen molar-refractivity contribution in [2.45, 2.75) is 44.1 Å². The Kier molecular flexibility index (Phi) is 7.08. The van der Waals surface area contributed by atoms with Crippen molar-refractivity contribution in [2.75, 3.05) is 38.2 Å². The van der Waals surface area contributed by atoms with Gasteiger partial charge in [-0.2, -0.15) is 26.3 Å². The molecule has 2 aliphatic heterocycles. The van der Waals surface area contributed by atoms with Gasteiger partial charge in [0.1, 0.15) is 11.4 Å². The highest BCUT2D eigenvalue weighted by atomic mass is 19.4. The van der Waals surface area contributed by atoms with Gasteiger partial charge < -0.3 is 15.0 Å². The number of anilines is 1.